The van der Waals surface area contributed by atoms with Crippen LogP contribution in [0.25, 0.3) is 33.8 Å². The number of nitrogens with one attached hydrogen (secondary N) is 1. The van der Waals surface area contributed by atoms with Gasteiger partial charge in [0.2, 0.25) is 0 Å². The van der Waals surface area contributed by atoms with E-state index in [-0.39, 0.29) is 11.4 Å². The fraction of sp³-hybridized carbons (Fsp3) is 0. The predicted octanol–water partition coefficient (Wildman–Crippen LogP) is 3.97. The molecule has 4 aromatic rings. The summed E-state index contributed by atoms with van der Waals surface area (Å²) >= 11 is 0. The van der Waals surface area contributed by atoms with E-state index >= 15 is 0 Å². The van der Waals surface area contributed by atoms with Gasteiger partial charge >= 0.3 is 0 Å². The molecule has 3 heterocycles. The Kier molecular flexibility index (Phi) is 3.08. The fourth-order valence-electron chi connectivity index (χ4n) is 2.43. The van der Waals surface area contributed by atoms with E-state index in [0.29, 0.717) is 22.4 Å². The van der Waals surface area contributed by atoms with Crippen LogP contribution >= 0.6 is 0 Å². The second kappa shape index (κ2) is 5.24. The molecule has 0 radical (unpaired) electrons. The number of hydrogen-bond donors (Lipinski definition) is 1. The van der Waals surface area contributed by atoms with E-state index in [1.165, 1.54) is 36.7 Å². The Balaban J connectivity index is 1.85. The van der Waals surface area contributed by atoms with Gasteiger partial charge in [0.25, 0.3) is 0 Å². The molecule has 0 atom stereocenters. The average Bonchev–Trinajstić information content (AvgIpc) is 2.98. The maximum atomic E-state index is 13.9. The molecule has 6 heteroatoms. The lowest BCUT2D eigenvalue weighted by atomic mass is 10.1. The molecule has 0 spiro atoms. The number of benzene rings is 1. The standard InChI is InChI=1S/C17H10F2N4/c18-11-3-1-7-20-15(11)10-5-6-13-14(9-10)23-17(22-13)16-12(19)4-2-8-21-16/h1-9H,(H,22,23). The number of fused-ring (bicyclic) bond motifs is 1. The quantitative estimate of drug-likeness (QED) is 0.609. The third-order valence-electron chi connectivity index (χ3n) is 3.50. The Morgan fingerprint density at radius 1 is 0.826 bits per heavy atom. The lowest BCUT2D eigenvalue weighted by Gasteiger charge is -2.01. The molecule has 4 rings (SSSR count). The van der Waals surface area contributed by atoms with Gasteiger partial charge in [-0.1, -0.05) is 6.07 Å². The van der Waals surface area contributed by atoms with Crippen LogP contribution in [0.15, 0.2) is 54.9 Å². The summed E-state index contributed by atoms with van der Waals surface area (Å²) in [7, 11) is 0. The third kappa shape index (κ3) is 2.34. The third-order valence-corrected chi connectivity index (χ3v) is 3.50. The molecule has 4 nitrogen and oxygen atoms in total. The normalized spacial score (nSPS) is 11.0. The van der Waals surface area contributed by atoms with E-state index in [4.69, 9.17) is 0 Å². The van der Waals surface area contributed by atoms with Crippen LogP contribution in [0.5, 0.6) is 0 Å². The van der Waals surface area contributed by atoms with Gasteiger partial charge in [0.15, 0.2) is 11.6 Å². The van der Waals surface area contributed by atoms with Gasteiger partial charge in [-0.05, 0) is 36.4 Å². The molecule has 0 aliphatic carbocycles. The number of nitrogens with zero attached hydrogens (tertiary/aromatic N) is 3. The molecule has 112 valence electrons. The Hall–Kier alpha value is -3.15. The summed E-state index contributed by atoms with van der Waals surface area (Å²) in [4.78, 5) is 15.4. The smallest absolute Gasteiger partial charge is 0.160 e. The van der Waals surface area contributed by atoms with Gasteiger partial charge in [0, 0.05) is 18.0 Å². The van der Waals surface area contributed by atoms with Gasteiger partial charge in [-0.2, -0.15) is 0 Å². The zero-order valence-corrected chi connectivity index (χ0v) is 11.8. The van der Waals surface area contributed by atoms with Crippen LogP contribution in [0.3, 0.4) is 0 Å². The van der Waals surface area contributed by atoms with Crippen LogP contribution in [0.1, 0.15) is 0 Å². The van der Waals surface area contributed by atoms with E-state index < -0.39 is 11.6 Å². The molecule has 0 saturated carbocycles. The minimum atomic E-state index is -0.456. The largest absolute Gasteiger partial charge is 0.337 e. The van der Waals surface area contributed by atoms with Crippen LogP contribution in [0.2, 0.25) is 0 Å². The van der Waals surface area contributed by atoms with Gasteiger partial charge in [-0.15, -0.1) is 0 Å². The summed E-state index contributed by atoms with van der Waals surface area (Å²) in [6.07, 6.45) is 3.03. The Labute approximate surface area is 129 Å². The minimum absolute atomic E-state index is 0.147. The summed E-state index contributed by atoms with van der Waals surface area (Å²) in [5, 5.41) is 0. The summed E-state index contributed by atoms with van der Waals surface area (Å²) in [5.74, 6) is -0.526. The minimum Gasteiger partial charge on any atom is -0.337 e. The number of imidazole rings is 1. The first-order valence-electron chi connectivity index (χ1n) is 6.94. The van der Waals surface area contributed by atoms with Crippen molar-refractivity contribution in [3.63, 3.8) is 0 Å². The molecular formula is C17H10F2N4. The van der Waals surface area contributed by atoms with Crippen molar-refractivity contribution in [3.8, 4) is 22.8 Å². The Morgan fingerprint density at radius 3 is 2.22 bits per heavy atom. The van der Waals surface area contributed by atoms with Crippen molar-refractivity contribution in [2.45, 2.75) is 0 Å². The number of aromatic nitrogens is 4. The number of rotatable bonds is 2. The fourth-order valence-corrected chi connectivity index (χ4v) is 2.43. The first-order valence-corrected chi connectivity index (χ1v) is 6.94. The molecule has 0 aliphatic rings. The van der Waals surface area contributed by atoms with Crippen LogP contribution in [0, 0.1) is 11.6 Å². The number of pyridine rings is 2. The SMILES string of the molecule is Fc1cccnc1-c1ccc2nc(-c3ncccc3F)[nH]c2c1. The van der Waals surface area contributed by atoms with E-state index in [1.54, 1.807) is 18.2 Å². The van der Waals surface area contributed by atoms with Crippen molar-refractivity contribution in [3.05, 3.63) is 66.5 Å². The highest BCUT2D eigenvalue weighted by Gasteiger charge is 2.13. The molecule has 1 aromatic carbocycles. The van der Waals surface area contributed by atoms with Crippen LogP contribution in [-0.4, -0.2) is 19.9 Å². The van der Waals surface area contributed by atoms with Crippen molar-refractivity contribution in [1.82, 2.24) is 19.9 Å². The molecule has 23 heavy (non-hydrogen) atoms. The monoisotopic (exact) mass is 308 g/mol. The molecule has 1 N–H and O–H groups in total. The second-order valence-corrected chi connectivity index (χ2v) is 4.99. The van der Waals surface area contributed by atoms with Gasteiger partial charge in [-0.3, -0.25) is 4.98 Å². The van der Waals surface area contributed by atoms with Gasteiger partial charge < -0.3 is 4.98 Å². The Morgan fingerprint density at radius 2 is 1.52 bits per heavy atom. The number of H-pyrrole nitrogens is 1. The predicted molar refractivity (Wildman–Crippen MR) is 82.5 cm³/mol. The first-order chi connectivity index (χ1) is 11.2. The molecule has 0 unspecified atom stereocenters. The van der Waals surface area contributed by atoms with Crippen molar-refractivity contribution in [1.29, 1.82) is 0 Å². The molecular weight excluding hydrogens is 298 g/mol. The summed E-state index contributed by atoms with van der Waals surface area (Å²) in [6.45, 7) is 0. The van der Waals surface area contributed by atoms with Crippen LogP contribution < -0.4 is 0 Å². The highest BCUT2D eigenvalue weighted by molar-refractivity contribution is 5.83. The molecule has 0 saturated heterocycles. The molecule has 0 fully saturated rings. The average molecular weight is 308 g/mol. The lowest BCUT2D eigenvalue weighted by Crippen LogP contribution is -1.89. The van der Waals surface area contributed by atoms with E-state index in [9.17, 15) is 8.78 Å². The molecule has 3 aromatic heterocycles. The maximum Gasteiger partial charge on any atom is 0.160 e. The first kappa shape index (κ1) is 13.5. The van der Waals surface area contributed by atoms with Gasteiger partial charge in [0.1, 0.15) is 17.2 Å². The zero-order valence-electron chi connectivity index (χ0n) is 11.8. The molecule has 0 aliphatic heterocycles. The molecule has 0 amide bonds. The van der Waals surface area contributed by atoms with E-state index in [0.717, 1.165) is 0 Å². The summed E-state index contributed by atoms with van der Waals surface area (Å²) in [6, 6.07) is 10.9. The van der Waals surface area contributed by atoms with Crippen LogP contribution in [0.4, 0.5) is 8.78 Å². The van der Waals surface area contributed by atoms with Gasteiger partial charge in [-0.25, -0.2) is 18.7 Å². The number of hydrogen-bond acceptors (Lipinski definition) is 3. The Bertz CT molecular complexity index is 967. The van der Waals surface area contributed by atoms with Crippen molar-refractivity contribution >= 4 is 11.0 Å². The summed E-state index contributed by atoms with van der Waals surface area (Å²) in [5.41, 5.74) is 2.33. The van der Waals surface area contributed by atoms with E-state index in [2.05, 4.69) is 19.9 Å². The van der Waals surface area contributed by atoms with Gasteiger partial charge in [0.05, 0.1) is 11.0 Å². The van der Waals surface area contributed by atoms with Crippen molar-refractivity contribution < 1.29 is 8.78 Å². The number of halogens is 2. The highest BCUT2D eigenvalue weighted by atomic mass is 19.1. The number of aromatic amines is 1. The van der Waals surface area contributed by atoms with E-state index in [1.807, 2.05) is 0 Å². The van der Waals surface area contributed by atoms with Crippen LogP contribution in [-0.2, 0) is 0 Å². The molecule has 0 bridgehead atoms. The van der Waals surface area contributed by atoms with Crippen molar-refractivity contribution in [2.24, 2.45) is 0 Å². The topological polar surface area (TPSA) is 54.5 Å². The lowest BCUT2D eigenvalue weighted by molar-refractivity contribution is 0.624. The zero-order chi connectivity index (χ0) is 15.8. The summed E-state index contributed by atoms with van der Waals surface area (Å²) < 4.78 is 27.7. The highest BCUT2D eigenvalue weighted by Crippen LogP contribution is 2.26. The van der Waals surface area contributed by atoms with Crippen molar-refractivity contribution in [2.75, 3.05) is 0 Å². The maximum absolute atomic E-state index is 13.9. The second-order valence-electron chi connectivity index (χ2n) is 4.99.